The Balaban J connectivity index is 1.70. The molecule has 0 radical (unpaired) electrons. The lowest BCUT2D eigenvalue weighted by atomic mass is 10.0. The van der Waals surface area contributed by atoms with Crippen molar-refractivity contribution in [2.75, 3.05) is 13.2 Å². The topological polar surface area (TPSA) is 90.5 Å². The Hall–Kier alpha value is -3.16. The van der Waals surface area contributed by atoms with E-state index in [1.807, 2.05) is 38.1 Å². The van der Waals surface area contributed by atoms with E-state index >= 15 is 0 Å². The minimum atomic E-state index is -0.246. The molecule has 2 aromatic heterocycles. The Bertz CT molecular complexity index is 1070. The highest BCUT2D eigenvalue weighted by molar-refractivity contribution is 5.76. The van der Waals surface area contributed by atoms with E-state index in [4.69, 9.17) is 4.74 Å². The van der Waals surface area contributed by atoms with Crippen LogP contribution in [0.2, 0.25) is 0 Å². The number of fused-ring (bicyclic) bond motifs is 1. The number of hydrogen-bond acceptors (Lipinski definition) is 5. The molecule has 1 aromatic carbocycles. The number of nitrogens with one attached hydrogen (secondary N) is 1. The fourth-order valence-corrected chi connectivity index (χ4v) is 3.42. The summed E-state index contributed by atoms with van der Waals surface area (Å²) in [6.07, 6.45) is 5.44. The lowest BCUT2D eigenvalue weighted by Crippen LogP contribution is -2.27. The van der Waals surface area contributed by atoms with Gasteiger partial charge in [-0.3, -0.25) is 18.6 Å². The molecule has 0 fully saturated rings. The van der Waals surface area contributed by atoms with Crippen molar-refractivity contribution in [1.29, 1.82) is 0 Å². The normalized spacial score (nSPS) is 12.3. The number of ether oxygens (including phenoxy) is 1. The van der Waals surface area contributed by atoms with Crippen molar-refractivity contribution in [3.8, 4) is 11.4 Å². The van der Waals surface area contributed by atoms with E-state index in [9.17, 15) is 9.59 Å². The Kier molecular flexibility index (Phi) is 7.44. The van der Waals surface area contributed by atoms with Gasteiger partial charge < -0.3 is 10.1 Å². The molecule has 1 amide bonds. The number of rotatable bonds is 10. The summed E-state index contributed by atoms with van der Waals surface area (Å²) in [5.41, 5.74) is 0.747. The SMILES string of the molecule is CCOc1ccc(-n2ccn3c(CC(C)CC(=O)NCCC(C)C)nnc3c2=O)cc1. The fourth-order valence-electron chi connectivity index (χ4n) is 3.42. The van der Waals surface area contributed by atoms with Crippen LogP contribution in [0.25, 0.3) is 11.3 Å². The molecule has 8 heteroatoms. The number of carbonyl (C=O) groups is 1. The standard InChI is InChI=1S/C23H31N5O3/c1-5-31-19-8-6-18(7-9-19)27-12-13-28-20(25-26-22(28)23(27)30)14-17(4)15-21(29)24-11-10-16(2)3/h6-9,12-13,16-17H,5,10-11,14-15H2,1-4H3,(H,24,29). The van der Waals surface area contributed by atoms with Gasteiger partial charge in [0.05, 0.1) is 6.61 Å². The average molecular weight is 426 g/mol. The number of benzene rings is 1. The molecule has 8 nitrogen and oxygen atoms in total. The molecular formula is C23H31N5O3. The van der Waals surface area contributed by atoms with Gasteiger partial charge in [-0.25, -0.2) is 0 Å². The highest BCUT2D eigenvalue weighted by Crippen LogP contribution is 2.15. The quantitative estimate of drug-likeness (QED) is 0.539. The maximum Gasteiger partial charge on any atom is 0.300 e. The van der Waals surface area contributed by atoms with Crippen LogP contribution in [0.1, 0.15) is 46.4 Å². The number of hydrogen-bond donors (Lipinski definition) is 1. The van der Waals surface area contributed by atoms with Gasteiger partial charge in [-0.1, -0.05) is 20.8 Å². The third-order valence-electron chi connectivity index (χ3n) is 5.08. The average Bonchev–Trinajstić information content (AvgIpc) is 3.12. The first kappa shape index (κ1) is 22.5. The van der Waals surface area contributed by atoms with Crippen molar-refractivity contribution in [2.24, 2.45) is 11.8 Å². The summed E-state index contributed by atoms with van der Waals surface area (Å²) < 4.78 is 8.70. The van der Waals surface area contributed by atoms with Crippen molar-refractivity contribution in [3.05, 3.63) is 52.8 Å². The molecule has 3 rings (SSSR count). The maximum atomic E-state index is 12.9. The molecule has 0 spiro atoms. The van der Waals surface area contributed by atoms with Gasteiger partial charge in [0, 0.05) is 37.5 Å². The van der Waals surface area contributed by atoms with Gasteiger partial charge in [-0.05, 0) is 49.4 Å². The van der Waals surface area contributed by atoms with Gasteiger partial charge in [-0.15, -0.1) is 10.2 Å². The summed E-state index contributed by atoms with van der Waals surface area (Å²) in [6, 6.07) is 7.33. The Labute approximate surface area is 182 Å². The molecule has 0 aliphatic carbocycles. The van der Waals surface area contributed by atoms with Gasteiger partial charge in [0.1, 0.15) is 11.6 Å². The second-order valence-electron chi connectivity index (χ2n) is 8.26. The summed E-state index contributed by atoms with van der Waals surface area (Å²) in [7, 11) is 0. The molecule has 1 N–H and O–H groups in total. The van der Waals surface area contributed by atoms with Gasteiger partial charge in [0.25, 0.3) is 0 Å². The summed E-state index contributed by atoms with van der Waals surface area (Å²) >= 11 is 0. The second-order valence-corrected chi connectivity index (χ2v) is 8.26. The maximum absolute atomic E-state index is 12.9. The predicted molar refractivity (Wildman–Crippen MR) is 120 cm³/mol. The molecule has 0 saturated heterocycles. The van der Waals surface area contributed by atoms with Crippen LogP contribution in [0, 0.1) is 11.8 Å². The third kappa shape index (κ3) is 5.71. The zero-order valence-corrected chi connectivity index (χ0v) is 18.7. The lowest BCUT2D eigenvalue weighted by molar-refractivity contribution is -0.121. The first-order valence-electron chi connectivity index (χ1n) is 10.8. The van der Waals surface area contributed by atoms with Crippen LogP contribution in [0.4, 0.5) is 0 Å². The lowest BCUT2D eigenvalue weighted by Gasteiger charge is -2.12. The van der Waals surface area contributed by atoms with Crippen LogP contribution in [0.5, 0.6) is 5.75 Å². The summed E-state index contributed by atoms with van der Waals surface area (Å²) in [6.45, 7) is 9.48. The minimum absolute atomic E-state index is 0.0415. The van der Waals surface area contributed by atoms with Gasteiger partial charge in [0.2, 0.25) is 11.6 Å². The summed E-state index contributed by atoms with van der Waals surface area (Å²) in [4.78, 5) is 25.1. The van der Waals surface area contributed by atoms with E-state index in [2.05, 4.69) is 29.4 Å². The molecule has 0 bridgehead atoms. The Morgan fingerprint density at radius 1 is 1.13 bits per heavy atom. The predicted octanol–water partition coefficient (Wildman–Crippen LogP) is 3.01. The molecule has 0 aliphatic rings. The number of aromatic nitrogens is 4. The number of amides is 1. The van der Waals surface area contributed by atoms with Crippen molar-refractivity contribution in [1.82, 2.24) is 24.5 Å². The van der Waals surface area contributed by atoms with E-state index in [0.29, 0.717) is 37.7 Å². The highest BCUT2D eigenvalue weighted by atomic mass is 16.5. The largest absolute Gasteiger partial charge is 0.494 e. The fraction of sp³-hybridized carbons (Fsp3) is 0.478. The third-order valence-corrected chi connectivity index (χ3v) is 5.08. The number of carbonyl (C=O) groups excluding carboxylic acids is 1. The molecule has 1 unspecified atom stereocenters. The minimum Gasteiger partial charge on any atom is -0.494 e. The first-order chi connectivity index (χ1) is 14.9. The van der Waals surface area contributed by atoms with Crippen LogP contribution in [-0.2, 0) is 11.2 Å². The van der Waals surface area contributed by atoms with Crippen LogP contribution in [0.15, 0.2) is 41.5 Å². The summed E-state index contributed by atoms with van der Waals surface area (Å²) in [5, 5.41) is 11.3. The zero-order valence-electron chi connectivity index (χ0n) is 18.7. The second kappa shape index (κ2) is 10.2. The van der Waals surface area contributed by atoms with Crippen LogP contribution in [-0.4, -0.2) is 38.2 Å². The summed E-state index contributed by atoms with van der Waals surface area (Å²) in [5.74, 6) is 2.12. The van der Waals surface area contributed by atoms with Gasteiger partial charge in [0.15, 0.2) is 0 Å². The van der Waals surface area contributed by atoms with E-state index in [-0.39, 0.29) is 23.0 Å². The van der Waals surface area contributed by atoms with Crippen molar-refractivity contribution in [3.63, 3.8) is 0 Å². The van der Waals surface area contributed by atoms with Crippen LogP contribution < -0.4 is 15.6 Å². The number of nitrogens with zero attached hydrogens (tertiary/aromatic N) is 4. The first-order valence-corrected chi connectivity index (χ1v) is 10.8. The van der Waals surface area contributed by atoms with E-state index in [1.54, 1.807) is 16.8 Å². The monoisotopic (exact) mass is 425 g/mol. The molecule has 0 saturated carbocycles. The molecular weight excluding hydrogens is 394 g/mol. The molecule has 1 atom stereocenters. The van der Waals surface area contributed by atoms with E-state index < -0.39 is 0 Å². The molecule has 0 aliphatic heterocycles. The smallest absolute Gasteiger partial charge is 0.300 e. The van der Waals surface area contributed by atoms with Crippen LogP contribution >= 0.6 is 0 Å². The molecule has 166 valence electrons. The zero-order chi connectivity index (χ0) is 22.4. The van der Waals surface area contributed by atoms with Crippen molar-refractivity contribution >= 4 is 11.6 Å². The van der Waals surface area contributed by atoms with E-state index in [1.165, 1.54) is 4.57 Å². The van der Waals surface area contributed by atoms with Crippen molar-refractivity contribution < 1.29 is 9.53 Å². The van der Waals surface area contributed by atoms with E-state index in [0.717, 1.165) is 17.9 Å². The van der Waals surface area contributed by atoms with Crippen molar-refractivity contribution in [2.45, 2.75) is 47.0 Å². The molecule has 31 heavy (non-hydrogen) atoms. The van der Waals surface area contributed by atoms with Gasteiger partial charge in [-0.2, -0.15) is 0 Å². The Morgan fingerprint density at radius 3 is 2.55 bits per heavy atom. The molecule has 2 heterocycles. The highest BCUT2D eigenvalue weighted by Gasteiger charge is 2.16. The van der Waals surface area contributed by atoms with Gasteiger partial charge >= 0.3 is 5.56 Å². The Morgan fingerprint density at radius 2 is 1.87 bits per heavy atom. The van der Waals surface area contributed by atoms with Crippen LogP contribution in [0.3, 0.4) is 0 Å². The molecule has 3 aromatic rings.